The highest BCUT2D eigenvalue weighted by Gasteiger charge is 2.26. The van der Waals surface area contributed by atoms with E-state index in [-0.39, 0.29) is 5.25 Å². The van der Waals surface area contributed by atoms with Gasteiger partial charge in [0.25, 0.3) is 0 Å². The average molecular weight is 303 g/mol. The minimum atomic E-state index is -3.21. The number of thiophene rings is 1. The van der Waals surface area contributed by atoms with Crippen molar-refractivity contribution in [3.8, 4) is 0 Å². The highest BCUT2D eigenvalue weighted by molar-refractivity contribution is 7.90. The van der Waals surface area contributed by atoms with Gasteiger partial charge >= 0.3 is 0 Å². The Morgan fingerprint density at radius 3 is 2.74 bits per heavy atom. The molecule has 0 aromatic carbocycles. The summed E-state index contributed by atoms with van der Waals surface area (Å²) >= 11 is 1.49. The molecule has 6 heteroatoms. The Morgan fingerprint density at radius 2 is 2.11 bits per heavy atom. The predicted octanol–water partition coefficient (Wildman–Crippen LogP) is 2.42. The summed E-state index contributed by atoms with van der Waals surface area (Å²) in [5, 5.41) is 11.6. The van der Waals surface area contributed by atoms with Gasteiger partial charge in [-0.1, -0.05) is 25.3 Å². The zero-order valence-electron chi connectivity index (χ0n) is 10.9. The molecule has 0 radical (unpaired) electrons. The number of sulfonamides is 1. The number of hydrogen-bond donors (Lipinski definition) is 2. The standard InChI is InChI=1S/C13H21NO3S2/c15-12(13-7-4-10-18-13)8-9-14-19(16,17)11-5-2-1-3-6-11/h4,7,10-12,14-15H,1-3,5-6,8-9H2. The van der Waals surface area contributed by atoms with Gasteiger partial charge in [0.1, 0.15) is 0 Å². The summed E-state index contributed by atoms with van der Waals surface area (Å²) in [5.74, 6) is 0. The molecule has 108 valence electrons. The highest BCUT2D eigenvalue weighted by atomic mass is 32.2. The van der Waals surface area contributed by atoms with Gasteiger partial charge in [-0.05, 0) is 30.7 Å². The predicted molar refractivity (Wildman–Crippen MR) is 77.7 cm³/mol. The number of aliphatic hydroxyl groups is 1. The molecule has 1 aromatic rings. The zero-order valence-corrected chi connectivity index (χ0v) is 12.5. The average Bonchev–Trinajstić information content (AvgIpc) is 2.93. The summed E-state index contributed by atoms with van der Waals surface area (Å²) < 4.78 is 26.8. The van der Waals surface area contributed by atoms with E-state index in [2.05, 4.69) is 4.72 Å². The van der Waals surface area contributed by atoms with Crippen LogP contribution in [0.25, 0.3) is 0 Å². The monoisotopic (exact) mass is 303 g/mol. The SMILES string of the molecule is O=S(=O)(NCCC(O)c1cccs1)C1CCCCC1. The second-order valence-corrected chi connectivity index (χ2v) is 8.04. The first-order valence-corrected chi connectivity index (χ1v) is 9.22. The van der Waals surface area contributed by atoms with Crippen LogP contribution in [0, 0.1) is 0 Å². The molecule has 19 heavy (non-hydrogen) atoms. The van der Waals surface area contributed by atoms with Crippen molar-refractivity contribution in [3.05, 3.63) is 22.4 Å². The molecule has 1 aliphatic carbocycles. The van der Waals surface area contributed by atoms with Crippen LogP contribution in [0.4, 0.5) is 0 Å². The Bertz CT molecular complexity index is 464. The van der Waals surface area contributed by atoms with Crippen molar-refractivity contribution < 1.29 is 13.5 Å². The van der Waals surface area contributed by atoms with E-state index in [1.807, 2.05) is 17.5 Å². The first-order chi connectivity index (χ1) is 9.09. The lowest BCUT2D eigenvalue weighted by atomic mass is 10.0. The molecule has 0 bridgehead atoms. The van der Waals surface area contributed by atoms with Crippen molar-refractivity contribution in [1.82, 2.24) is 4.72 Å². The van der Waals surface area contributed by atoms with Crippen LogP contribution in [0.1, 0.15) is 49.5 Å². The number of nitrogens with one attached hydrogen (secondary N) is 1. The maximum atomic E-state index is 12.1. The van der Waals surface area contributed by atoms with Crippen molar-refractivity contribution >= 4 is 21.4 Å². The van der Waals surface area contributed by atoms with Gasteiger partial charge in [-0.15, -0.1) is 11.3 Å². The molecule has 1 unspecified atom stereocenters. The molecule has 0 saturated heterocycles. The highest BCUT2D eigenvalue weighted by Crippen LogP contribution is 2.24. The molecule has 2 rings (SSSR count). The van der Waals surface area contributed by atoms with Gasteiger partial charge in [0.15, 0.2) is 0 Å². The fourth-order valence-electron chi connectivity index (χ4n) is 2.45. The zero-order chi connectivity index (χ0) is 13.7. The van der Waals surface area contributed by atoms with Gasteiger partial charge in [0.05, 0.1) is 11.4 Å². The summed E-state index contributed by atoms with van der Waals surface area (Å²) in [6.07, 6.45) is 4.53. The second kappa shape index (κ2) is 6.83. The lowest BCUT2D eigenvalue weighted by molar-refractivity contribution is 0.173. The van der Waals surface area contributed by atoms with E-state index in [0.29, 0.717) is 13.0 Å². The van der Waals surface area contributed by atoms with Crippen molar-refractivity contribution in [3.63, 3.8) is 0 Å². The molecule has 0 amide bonds. The van der Waals surface area contributed by atoms with Crippen molar-refractivity contribution in [2.75, 3.05) is 6.54 Å². The Labute approximate surface area is 118 Å². The minimum Gasteiger partial charge on any atom is -0.388 e. The smallest absolute Gasteiger partial charge is 0.214 e. The van der Waals surface area contributed by atoms with Crippen LogP contribution in [0.2, 0.25) is 0 Å². The molecule has 1 heterocycles. The Morgan fingerprint density at radius 1 is 1.37 bits per heavy atom. The molecule has 1 saturated carbocycles. The summed E-state index contributed by atoms with van der Waals surface area (Å²) in [7, 11) is -3.21. The van der Waals surface area contributed by atoms with E-state index in [1.54, 1.807) is 0 Å². The fourth-order valence-corrected chi connectivity index (χ4v) is 4.79. The number of rotatable bonds is 6. The molecular weight excluding hydrogens is 282 g/mol. The second-order valence-electron chi connectivity index (χ2n) is 5.02. The number of aliphatic hydroxyl groups excluding tert-OH is 1. The molecule has 1 atom stereocenters. The maximum Gasteiger partial charge on any atom is 0.214 e. The van der Waals surface area contributed by atoms with Crippen molar-refractivity contribution in [2.45, 2.75) is 49.9 Å². The van der Waals surface area contributed by atoms with E-state index in [0.717, 1.165) is 37.0 Å². The molecule has 0 spiro atoms. The first-order valence-electron chi connectivity index (χ1n) is 6.79. The van der Waals surface area contributed by atoms with Crippen molar-refractivity contribution in [1.29, 1.82) is 0 Å². The third-order valence-electron chi connectivity index (χ3n) is 3.58. The van der Waals surface area contributed by atoms with E-state index in [9.17, 15) is 13.5 Å². The van der Waals surface area contributed by atoms with Gasteiger partial charge in [0, 0.05) is 11.4 Å². The van der Waals surface area contributed by atoms with Gasteiger partial charge in [-0.2, -0.15) is 0 Å². The third kappa shape index (κ3) is 4.27. The van der Waals surface area contributed by atoms with Crippen molar-refractivity contribution in [2.24, 2.45) is 0 Å². The quantitative estimate of drug-likeness (QED) is 0.848. The van der Waals surface area contributed by atoms with Crippen LogP contribution in [-0.2, 0) is 10.0 Å². The van der Waals surface area contributed by atoms with Crippen LogP contribution in [0.3, 0.4) is 0 Å². The van der Waals surface area contributed by atoms with E-state index in [1.165, 1.54) is 11.3 Å². The Balaban J connectivity index is 1.78. The van der Waals surface area contributed by atoms with Gasteiger partial charge < -0.3 is 5.11 Å². The van der Waals surface area contributed by atoms with Crippen LogP contribution in [0.5, 0.6) is 0 Å². The number of hydrogen-bond acceptors (Lipinski definition) is 4. The van der Waals surface area contributed by atoms with Crippen LogP contribution < -0.4 is 4.72 Å². The summed E-state index contributed by atoms with van der Waals surface area (Å²) in [6.45, 7) is 0.303. The summed E-state index contributed by atoms with van der Waals surface area (Å²) in [4.78, 5) is 0.886. The van der Waals surface area contributed by atoms with Gasteiger partial charge in [-0.25, -0.2) is 13.1 Å². The third-order valence-corrected chi connectivity index (χ3v) is 6.51. The Hall–Kier alpha value is -0.430. The molecule has 4 nitrogen and oxygen atoms in total. The van der Waals surface area contributed by atoms with Gasteiger partial charge in [0.2, 0.25) is 10.0 Å². The summed E-state index contributed by atoms with van der Waals surface area (Å²) in [5.41, 5.74) is 0. The normalized spacial score (nSPS) is 19.4. The van der Waals surface area contributed by atoms with E-state index in [4.69, 9.17) is 0 Å². The van der Waals surface area contributed by atoms with E-state index < -0.39 is 16.1 Å². The summed E-state index contributed by atoms with van der Waals surface area (Å²) in [6, 6.07) is 3.75. The van der Waals surface area contributed by atoms with Crippen LogP contribution >= 0.6 is 11.3 Å². The molecule has 1 fully saturated rings. The first kappa shape index (κ1) is 15.0. The largest absolute Gasteiger partial charge is 0.388 e. The minimum absolute atomic E-state index is 0.236. The Kier molecular flexibility index (Phi) is 5.38. The maximum absolute atomic E-state index is 12.1. The lowest BCUT2D eigenvalue weighted by Crippen LogP contribution is -2.36. The van der Waals surface area contributed by atoms with Crippen LogP contribution in [0.15, 0.2) is 17.5 Å². The topological polar surface area (TPSA) is 66.4 Å². The molecule has 2 N–H and O–H groups in total. The molecule has 1 aliphatic rings. The molecule has 0 aliphatic heterocycles. The van der Waals surface area contributed by atoms with Crippen LogP contribution in [-0.4, -0.2) is 25.3 Å². The fraction of sp³-hybridized carbons (Fsp3) is 0.692. The van der Waals surface area contributed by atoms with Gasteiger partial charge in [-0.3, -0.25) is 0 Å². The molecular formula is C13H21NO3S2. The molecule has 1 aromatic heterocycles. The van der Waals surface area contributed by atoms with E-state index >= 15 is 0 Å². The lowest BCUT2D eigenvalue weighted by Gasteiger charge is -2.22.